The molecule has 1 atom stereocenters. The summed E-state index contributed by atoms with van der Waals surface area (Å²) in [6.07, 6.45) is 0.109. The molecule has 3 aromatic rings. The lowest BCUT2D eigenvalue weighted by atomic mass is 9.96. The first-order chi connectivity index (χ1) is 14.6. The fraction of sp³-hybridized carbons (Fsp3) is 0.286. The van der Waals surface area contributed by atoms with Crippen molar-refractivity contribution < 1.29 is 23.1 Å². The third kappa shape index (κ3) is 5.58. The topological polar surface area (TPSA) is 88.2 Å². The van der Waals surface area contributed by atoms with Gasteiger partial charge in [0.05, 0.1) is 5.02 Å². The lowest BCUT2D eigenvalue weighted by Gasteiger charge is -2.16. The maximum atomic E-state index is 13.5. The molecular formula is C21H19Cl2F2N3O3. The van der Waals surface area contributed by atoms with E-state index >= 15 is 0 Å². The highest BCUT2D eigenvalue weighted by Crippen LogP contribution is 2.35. The molecule has 0 aliphatic rings. The van der Waals surface area contributed by atoms with Gasteiger partial charge in [0.15, 0.2) is 0 Å². The zero-order valence-electron chi connectivity index (χ0n) is 16.6. The van der Waals surface area contributed by atoms with Crippen LogP contribution in [0.5, 0.6) is 0 Å². The zero-order valence-corrected chi connectivity index (χ0v) is 18.1. The molecule has 10 heteroatoms. The van der Waals surface area contributed by atoms with Crippen molar-refractivity contribution in [1.29, 1.82) is 0 Å². The first-order valence-electron chi connectivity index (χ1n) is 9.29. The molecule has 2 N–H and O–H groups in total. The SMILES string of the molecule is CC(CC(=O)Nc1ccc(C(C)(F)F)c(Cl)c1)c1ccc(-c2nnc(CO)o2)cc1Cl. The smallest absolute Gasteiger partial charge is 0.271 e. The minimum absolute atomic E-state index is 0.0935. The molecule has 0 aliphatic carbocycles. The summed E-state index contributed by atoms with van der Waals surface area (Å²) >= 11 is 12.3. The van der Waals surface area contributed by atoms with E-state index in [-0.39, 0.29) is 47.2 Å². The van der Waals surface area contributed by atoms with Crippen LogP contribution in [0.3, 0.4) is 0 Å². The van der Waals surface area contributed by atoms with Crippen LogP contribution in [0.1, 0.15) is 43.2 Å². The Hall–Kier alpha value is -2.55. The number of nitrogens with one attached hydrogen (secondary N) is 1. The van der Waals surface area contributed by atoms with Crippen LogP contribution in [0.25, 0.3) is 11.5 Å². The number of halogens is 4. The molecule has 0 spiro atoms. The number of benzene rings is 2. The second-order valence-corrected chi connectivity index (χ2v) is 7.95. The lowest BCUT2D eigenvalue weighted by Crippen LogP contribution is -2.15. The largest absolute Gasteiger partial charge is 0.418 e. The van der Waals surface area contributed by atoms with Gasteiger partial charge in [0.1, 0.15) is 6.61 Å². The van der Waals surface area contributed by atoms with Gasteiger partial charge < -0.3 is 14.8 Å². The molecular weight excluding hydrogens is 451 g/mol. The van der Waals surface area contributed by atoms with Crippen molar-refractivity contribution in [3.05, 3.63) is 63.5 Å². The molecule has 3 rings (SSSR count). The van der Waals surface area contributed by atoms with Crippen molar-refractivity contribution in [2.45, 2.75) is 38.7 Å². The normalized spacial score (nSPS) is 12.6. The van der Waals surface area contributed by atoms with Gasteiger partial charge in [-0.05, 0) is 41.8 Å². The van der Waals surface area contributed by atoms with Gasteiger partial charge >= 0.3 is 0 Å². The summed E-state index contributed by atoms with van der Waals surface area (Å²) in [5, 5.41) is 19.5. The van der Waals surface area contributed by atoms with Gasteiger partial charge in [-0.2, -0.15) is 0 Å². The van der Waals surface area contributed by atoms with Crippen LogP contribution in [-0.2, 0) is 17.3 Å². The predicted molar refractivity (Wildman–Crippen MR) is 113 cm³/mol. The molecule has 164 valence electrons. The average molecular weight is 470 g/mol. The Labute approximate surface area is 187 Å². The van der Waals surface area contributed by atoms with E-state index in [2.05, 4.69) is 15.5 Å². The van der Waals surface area contributed by atoms with Gasteiger partial charge in [-0.3, -0.25) is 4.79 Å². The molecule has 1 heterocycles. The molecule has 1 aromatic heterocycles. The molecule has 31 heavy (non-hydrogen) atoms. The summed E-state index contributed by atoms with van der Waals surface area (Å²) < 4.78 is 32.2. The molecule has 0 bridgehead atoms. The van der Waals surface area contributed by atoms with Crippen molar-refractivity contribution >= 4 is 34.8 Å². The van der Waals surface area contributed by atoms with Crippen molar-refractivity contribution in [1.82, 2.24) is 10.2 Å². The van der Waals surface area contributed by atoms with E-state index < -0.39 is 5.92 Å². The van der Waals surface area contributed by atoms with E-state index in [9.17, 15) is 13.6 Å². The Morgan fingerprint density at radius 3 is 2.52 bits per heavy atom. The van der Waals surface area contributed by atoms with E-state index in [1.54, 1.807) is 18.2 Å². The van der Waals surface area contributed by atoms with Crippen LogP contribution >= 0.6 is 23.2 Å². The van der Waals surface area contributed by atoms with Crippen LogP contribution < -0.4 is 5.32 Å². The summed E-state index contributed by atoms with van der Waals surface area (Å²) in [4.78, 5) is 12.4. The van der Waals surface area contributed by atoms with Gasteiger partial charge in [0.2, 0.25) is 17.7 Å². The Morgan fingerprint density at radius 2 is 1.94 bits per heavy atom. The van der Waals surface area contributed by atoms with E-state index in [4.69, 9.17) is 32.7 Å². The van der Waals surface area contributed by atoms with Crippen LogP contribution in [0, 0.1) is 0 Å². The summed E-state index contributed by atoms with van der Waals surface area (Å²) in [6.45, 7) is 2.23. The van der Waals surface area contributed by atoms with Gasteiger partial charge in [0.25, 0.3) is 5.92 Å². The number of aliphatic hydroxyl groups is 1. The van der Waals surface area contributed by atoms with Gasteiger partial charge in [-0.15, -0.1) is 10.2 Å². The van der Waals surface area contributed by atoms with Crippen LogP contribution in [0.15, 0.2) is 40.8 Å². The molecule has 2 aromatic carbocycles. The summed E-state index contributed by atoms with van der Waals surface area (Å²) in [5.74, 6) is -3.30. The number of carbonyl (C=O) groups is 1. The van der Waals surface area contributed by atoms with Crippen LogP contribution in [0.4, 0.5) is 14.5 Å². The molecule has 1 amide bonds. The third-order valence-electron chi connectivity index (χ3n) is 4.60. The van der Waals surface area contributed by atoms with Gasteiger partial charge in [0, 0.05) is 35.2 Å². The number of rotatable bonds is 7. The van der Waals surface area contributed by atoms with Crippen molar-refractivity contribution in [3.63, 3.8) is 0 Å². The number of hydrogen-bond donors (Lipinski definition) is 2. The molecule has 0 aliphatic heterocycles. The Morgan fingerprint density at radius 1 is 1.19 bits per heavy atom. The highest BCUT2D eigenvalue weighted by Gasteiger charge is 2.27. The zero-order chi connectivity index (χ0) is 22.8. The van der Waals surface area contributed by atoms with Crippen molar-refractivity contribution in [2.75, 3.05) is 5.32 Å². The fourth-order valence-electron chi connectivity index (χ4n) is 3.04. The lowest BCUT2D eigenvalue weighted by molar-refractivity contribution is -0.116. The highest BCUT2D eigenvalue weighted by molar-refractivity contribution is 6.32. The molecule has 0 saturated carbocycles. The number of nitrogens with zero attached hydrogens (tertiary/aromatic N) is 2. The molecule has 0 radical (unpaired) electrons. The number of anilines is 1. The number of aromatic nitrogens is 2. The van der Waals surface area contributed by atoms with Gasteiger partial charge in [-0.25, -0.2) is 8.78 Å². The number of hydrogen-bond acceptors (Lipinski definition) is 5. The standard InChI is InChI=1S/C21H19Cl2F2N3O3/c1-11(7-18(30)26-13-4-6-15(17(23)9-13)21(2,24)25)14-5-3-12(8-16(14)22)20-28-27-19(10-29)31-20/h3-6,8-9,11,29H,7,10H2,1-2H3,(H,26,30). The highest BCUT2D eigenvalue weighted by atomic mass is 35.5. The van der Waals surface area contributed by atoms with Crippen LogP contribution in [0.2, 0.25) is 10.0 Å². The number of carbonyl (C=O) groups excluding carboxylic acids is 1. The minimum Gasteiger partial charge on any atom is -0.418 e. The summed E-state index contributed by atoms with van der Waals surface area (Å²) in [6, 6.07) is 9.00. The minimum atomic E-state index is -3.07. The Kier molecular flexibility index (Phi) is 6.93. The Balaban J connectivity index is 1.67. The number of alkyl halides is 2. The first kappa shape index (κ1) is 23.1. The molecule has 6 nitrogen and oxygen atoms in total. The van der Waals surface area contributed by atoms with E-state index in [1.165, 1.54) is 18.2 Å². The average Bonchev–Trinajstić information content (AvgIpc) is 3.16. The van der Waals surface area contributed by atoms with Gasteiger partial charge in [-0.1, -0.05) is 36.2 Å². The van der Waals surface area contributed by atoms with E-state index in [1.807, 2.05) is 6.92 Å². The molecule has 0 fully saturated rings. The quantitative estimate of drug-likeness (QED) is 0.457. The third-order valence-corrected chi connectivity index (χ3v) is 5.24. The Bertz CT molecular complexity index is 1100. The van der Waals surface area contributed by atoms with E-state index in [0.717, 1.165) is 12.5 Å². The maximum absolute atomic E-state index is 13.5. The summed E-state index contributed by atoms with van der Waals surface area (Å²) in [7, 11) is 0. The second kappa shape index (κ2) is 9.30. The predicted octanol–water partition coefficient (Wildman–Crippen LogP) is 5.78. The maximum Gasteiger partial charge on any atom is 0.271 e. The first-order valence-corrected chi connectivity index (χ1v) is 10.0. The van der Waals surface area contributed by atoms with Crippen molar-refractivity contribution in [3.8, 4) is 11.5 Å². The van der Waals surface area contributed by atoms with Crippen molar-refractivity contribution in [2.24, 2.45) is 0 Å². The number of aliphatic hydroxyl groups excluding tert-OH is 1. The monoisotopic (exact) mass is 469 g/mol. The van der Waals surface area contributed by atoms with E-state index in [0.29, 0.717) is 16.3 Å². The molecule has 1 unspecified atom stereocenters. The summed E-state index contributed by atoms with van der Waals surface area (Å²) in [5.41, 5.74) is 1.34. The molecule has 0 saturated heterocycles. The second-order valence-electron chi connectivity index (χ2n) is 7.13. The number of amides is 1. The fourth-order valence-corrected chi connectivity index (χ4v) is 3.76. The van der Waals surface area contributed by atoms with Crippen LogP contribution in [-0.4, -0.2) is 21.2 Å².